The van der Waals surface area contributed by atoms with Gasteiger partial charge in [-0.3, -0.25) is 0 Å². The van der Waals surface area contributed by atoms with Crippen molar-refractivity contribution in [1.82, 2.24) is 4.90 Å². The molecule has 2 heteroatoms. The molecule has 1 heterocycles. The molecule has 0 amide bonds. The average molecular weight is 196 g/mol. The van der Waals surface area contributed by atoms with E-state index in [9.17, 15) is 0 Å². The first-order chi connectivity index (χ1) is 6.66. The van der Waals surface area contributed by atoms with Crippen molar-refractivity contribution >= 4 is 0 Å². The van der Waals surface area contributed by atoms with Gasteiger partial charge in [0.15, 0.2) is 0 Å². The van der Waals surface area contributed by atoms with Crippen molar-refractivity contribution in [3.8, 4) is 0 Å². The molecule has 2 aliphatic rings. The Morgan fingerprint density at radius 2 is 1.79 bits per heavy atom. The van der Waals surface area contributed by atoms with Crippen LogP contribution in [0.5, 0.6) is 0 Å². The van der Waals surface area contributed by atoms with Crippen LogP contribution in [0.25, 0.3) is 0 Å². The molecule has 0 bridgehead atoms. The first-order valence-electron chi connectivity index (χ1n) is 6.14. The first-order valence-corrected chi connectivity index (χ1v) is 6.14. The molecule has 1 aliphatic carbocycles. The molecule has 0 spiro atoms. The summed E-state index contributed by atoms with van der Waals surface area (Å²) in [6.07, 6.45) is 4.16. The summed E-state index contributed by atoms with van der Waals surface area (Å²) >= 11 is 0. The van der Waals surface area contributed by atoms with Crippen LogP contribution in [0, 0.1) is 17.8 Å². The average Bonchev–Trinajstić information content (AvgIpc) is 2.26. The van der Waals surface area contributed by atoms with Gasteiger partial charge >= 0.3 is 0 Å². The van der Waals surface area contributed by atoms with Gasteiger partial charge < -0.3 is 10.6 Å². The molecule has 14 heavy (non-hydrogen) atoms. The normalized spacial score (nSPS) is 37.1. The van der Waals surface area contributed by atoms with Crippen molar-refractivity contribution in [2.75, 3.05) is 19.6 Å². The lowest BCUT2D eigenvalue weighted by Crippen LogP contribution is -2.43. The third kappa shape index (κ3) is 2.12. The number of hydrogen-bond acceptors (Lipinski definition) is 2. The lowest BCUT2D eigenvalue weighted by molar-refractivity contribution is 0.202. The molecular formula is C12H24N2. The molecule has 0 aromatic heterocycles. The molecule has 0 aromatic carbocycles. The summed E-state index contributed by atoms with van der Waals surface area (Å²) in [4.78, 5) is 2.57. The molecule has 3 unspecified atom stereocenters. The van der Waals surface area contributed by atoms with Gasteiger partial charge in [-0.2, -0.15) is 0 Å². The van der Waals surface area contributed by atoms with E-state index in [1.54, 1.807) is 0 Å². The number of nitrogens with zero attached hydrogens (tertiary/aromatic N) is 1. The van der Waals surface area contributed by atoms with Gasteiger partial charge in [-0.25, -0.2) is 0 Å². The molecular weight excluding hydrogens is 172 g/mol. The van der Waals surface area contributed by atoms with Crippen molar-refractivity contribution in [3.63, 3.8) is 0 Å². The number of rotatable bonds is 3. The van der Waals surface area contributed by atoms with Crippen LogP contribution in [-0.4, -0.2) is 30.6 Å². The predicted molar refractivity (Wildman–Crippen MR) is 60.1 cm³/mol. The van der Waals surface area contributed by atoms with Gasteiger partial charge in [0.2, 0.25) is 0 Å². The Hall–Kier alpha value is -0.0800. The Balaban J connectivity index is 1.74. The van der Waals surface area contributed by atoms with Crippen molar-refractivity contribution in [1.29, 1.82) is 0 Å². The van der Waals surface area contributed by atoms with E-state index < -0.39 is 0 Å². The highest BCUT2D eigenvalue weighted by molar-refractivity contribution is 4.86. The summed E-state index contributed by atoms with van der Waals surface area (Å²) in [5, 5.41) is 0. The highest BCUT2D eigenvalue weighted by atomic mass is 15.2. The summed E-state index contributed by atoms with van der Waals surface area (Å²) in [6, 6.07) is 0.446. The van der Waals surface area contributed by atoms with Gasteiger partial charge in [0, 0.05) is 25.7 Å². The van der Waals surface area contributed by atoms with Crippen LogP contribution in [0.15, 0.2) is 0 Å². The fourth-order valence-corrected chi connectivity index (χ4v) is 2.71. The van der Waals surface area contributed by atoms with Crippen LogP contribution < -0.4 is 5.73 Å². The lowest BCUT2D eigenvalue weighted by Gasteiger charge is -2.33. The van der Waals surface area contributed by atoms with Crippen LogP contribution in [-0.2, 0) is 0 Å². The second kappa shape index (κ2) is 4.19. The Kier molecular flexibility index (Phi) is 3.13. The molecule has 82 valence electrons. The van der Waals surface area contributed by atoms with Crippen molar-refractivity contribution in [2.45, 2.75) is 39.2 Å². The molecule has 3 atom stereocenters. The molecule has 0 aromatic rings. The molecule has 1 saturated carbocycles. The smallest absolute Gasteiger partial charge is 0.0196 e. The quantitative estimate of drug-likeness (QED) is 0.744. The van der Waals surface area contributed by atoms with Crippen molar-refractivity contribution in [3.05, 3.63) is 0 Å². The zero-order valence-electron chi connectivity index (χ0n) is 9.58. The second-order valence-corrected chi connectivity index (χ2v) is 5.53. The first kappa shape index (κ1) is 10.4. The topological polar surface area (TPSA) is 29.3 Å². The van der Waals surface area contributed by atoms with E-state index in [1.807, 2.05) is 0 Å². The summed E-state index contributed by atoms with van der Waals surface area (Å²) in [6.45, 7) is 8.39. The van der Waals surface area contributed by atoms with Gasteiger partial charge in [-0.1, -0.05) is 20.3 Å². The molecule has 1 saturated heterocycles. The minimum absolute atomic E-state index is 0.446. The lowest BCUT2D eigenvalue weighted by atomic mass is 9.80. The number of hydrogen-bond donors (Lipinski definition) is 1. The third-order valence-electron chi connectivity index (χ3n) is 4.29. The van der Waals surface area contributed by atoms with E-state index in [4.69, 9.17) is 5.73 Å². The second-order valence-electron chi connectivity index (χ2n) is 5.53. The number of nitrogens with two attached hydrogens (primary N) is 1. The fraction of sp³-hybridized carbons (Fsp3) is 1.00. The highest BCUT2D eigenvalue weighted by Gasteiger charge is 2.30. The van der Waals surface area contributed by atoms with Gasteiger partial charge in [-0.05, 0) is 30.6 Å². The molecule has 2 rings (SSSR count). The largest absolute Gasteiger partial charge is 0.326 e. The highest BCUT2D eigenvalue weighted by Crippen LogP contribution is 2.30. The standard InChI is InChI=1S/C12H24N2/c1-9-6-14(7-10(9)2)8-12(13)11-4-3-5-11/h9-12H,3-8,13H2,1-2H3. The van der Waals surface area contributed by atoms with Crippen molar-refractivity contribution < 1.29 is 0 Å². The zero-order chi connectivity index (χ0) is 10.1. The number of likely N-dealkylation sites (tertiary alicyclic amines) is 1. The summed E-state index contributed by atoms with van der Waals surface area (Å²) < 4.78 is 0. The maximum absolute atomic E-state index is 6.21. The van der Waals surface area contributed by atoms with Crippen LogP contribution in [0.4, 0.5) is 0 Å². The van der Waals surface area contributed by atoms with Crippen LogP contribution in [0.1, 0.15) is 33.1 Å². The Bertz CT molecular complexity index is 179. The minimum Gasteiger partial charge on any atom is -0.326 e. The van der Waals surface area contributed by atoms with E-state index in [0.29, 0.717) is 6.04 Å². The summed E-state index contributed by atoms with van der Waals surface area (Å²) in [5.41, 5.74) is 6.21. The predicted octanol–water partition coefficient (Wildman–Crippen LogP) is 1.70. The maximum Gasteiger partial charge on any atom is 0.0196 e. The van der Waals surface area contributed by atoms with E-state index in [-0.39, 0.29) is 0 Å². The van der Waals surface area contributed by atoms with Crippen molar-refractivity contribution in [2.24, 2.45) is 23.5 Å². The SMILES string of the molecule is CC1CN(CC(N)C2CCC2)CC1C. The molecule has 2 nitrogen and oxygen atoms in total. The van der Waals surface area contributed by atoms with E-state index >= 15 is 0 Å². The van der Waals surface area contributed by atoms with Gasteiger partial charge in [0.05, 0.1) is 0 Å². The van der Waals surface area contributed by atoms with Crippen LogP contribution in [0.2, 0.25) is 0 Å². The Morgan fingerprint density at radius 1 is 1.21 bits per heavy atom. The van der Waals surface area contributed by atoms with Crippen LogP contribution in [0.3, 0.4) is 0 Å². The molecule has 2 N–H and O–H groups in total. The summed E-state index contributed by atoms with van der Waals surface area (Å²) in [5.74, 6) is 2.56. The fourth-order valence-electron chi connectivity index (χ4n) is 2.71. The van der Waals surface area contributed by atoms with E-state index in [0.717, 1.165) is 24.3 Å². The zero-order valence-corrected chi connectivity index (χ0v) is 9.58. The molecule has 1 aliphatic heterocycles. The van der Waals surface area contributed by atoms with E-state index in [1.165, 1.54) is 32.4 Å². The monoisotopic (exact) mass is 196 g/mol. The van der Waals surface area contributed by atoms with Gasteiger partial charge in [0.1, 0.15) is 0 Å². The third-order valence-corrected chi connectivity index (χ3v) is 4.29. The Morgan fingerprint density at radius 3 is 2.21 bits per heavy atom. The molecule has 2 fully saturated rings. The summed E-state index contributed by atoms with van der Waals surface area (Å²) in [7, 11) is 0. The van der Waals surface area contributed by atoms with Gasteiger partial charge in [-0.15, -0.1) is 0 Å². The maximum atomic E-state index is 6.21. The minimum atomic E-state index is 0.446. The van der Waals surface area contributed by atoms with E-state index in [2.05, 4.69) is 18.7 Å². The Labute approximate surface area is 87.8 Å². The van der Waals surface area contributed by atoms with Gasteiger partial charge in [0.25, 0.3) is 0 Å². The molecule has 0 radical (unpaired) electrons. The van der Waals surface area contributed by atoms with Crippen LogP contribution >= 0.6 is 0 Å².